The summed E-state index contributed by atoms with van der Waals surface area (Å²) in [6.45, 7) is 4.12. The van der Waals surface area contributed by atoms with Crippen molar-refractivity contribution in [3.05, 3.63) is 66.0 Å². The van der Waals surface area contributed by atoms with Crippen molar-refractivity contribution in [2.45, 2.75) is 38.0 Å². The van der Waals surface area contributed by atoms with Crippen LogP contribution in [0.2, 0.25) is 0 Å². The molecule has 2 aliphatic heterocycles. The highest BCUT2D eigenvalue weighted by Crippen LogP contribution is 2.44. The first kappa shape index (κ1) is 19.1. The Morgan fingerprint density at radius 1 is 1.11 bits per heavy atom. The summed E-state index contributed by atoms with van der Waals surface area (Å²) in [5, 5.41) is 0. The number of pyridine rings is 1. The molecule has 2 aromatic rings. The molecule has 1 atom stereocenters. The molecule has 0 radical (unpaired) electrons. The van der Waals surface area contributed by atoms with Gasteiger partial charge in [0.05, 0.1) is 0 Å². The molecule has 4 rings (SSSR count). The number of likely N-dealkylation sites (N-methyl/N-ethyl adjacent to an activating group) is 1. The van der Waals surface area contributed by atoms with Gasteiger partial charge in [-0.3, -0.25) is 9.78 Å². The van der Waals surface area contributed by atoms with Gasteiger partial charge in [0.1, 0.15) is 0 Å². The summed E-state index contributed by atoms with van der Waals surface area (Å²) in [7, 11) is 2.25. The van der Waals surface area contributed by atoms with Gasteiger partial charge in [0.25, 0.3) is 0 Å². The molecule has 0 bridgehead atoms. The van der Waals surface area contributed by atoms with Gasteiger partial charge in [0, 0.05) is 45.0 Å². The Morgan fingerprint density at radius 2 is 1.82 bits per heavy atom. The van der Waals surface area contributed by atoms with Crippen LogP contribution in [-0.4, -0.2) is 53.9 Å². The smallest absolute Gasteiger partial charge is 0.222 e. The predicted molar refractivity (Wildman–Crippen MR) is 112 cm³/mol. The maximum absolute atomic E-state index is 12.7. The Morgan fingerprint density at radius 3 is 2.54 bits per heavy atom. The standard InChI is InChI=1S/C24H31N3O/c1-26-18-22(21-5-3-2-4-6-21)17-24(19-26)11-15-27(16-12-24)23(28)8-7-20-9-13-25-14-10-20/h2-6,9-10,13-14,22H,7-8,11-12,15-19H2,1H3. The summed E-state index contributed by atoms with van der Waals surface area (Å²) in [4.78, 5) is 21.3. The second kappa shape index (κ2) is 8.44. The van der Waals surface area contributed by atoms with Crippen molar-refractivity contribution < 1.29 is 4.79 Å². The molecule has 0 aliphatic carbocycles. The number of likely N-dealkylation sites (tertiary alicyclic amines) is 2. The normalized spacial score (nSPS) is 22.3. The first-order valence-corrected chi connectivity index (χ1v) is 10.5. The van der Waals surface area contributed by atoms with Gasteiger partial charge in [-0.25, -0.2) is 0 Å². The largest absolute Gasteiger partial charge is 0.343 e. The highest BCUT2D eigenvalue weighted by atomic mass is 16.2. The predicted octanol–water partition coefficient (Wildman–Crippen LogP) is 3.74. The summed E-state index contributed by atoms with van der Waals surface area (Å²) < 4.78 is 0. The van der Waals surface area contributed by atoms with Crippen LogP contribution in [0.4, 0.5) is 0 Å². The van der Waals surface area contributed by atoms with Crippen molar-refractivity contribution in [3.63, 3.8) is 0 Å². The van der Waals surface area contributed by atoms with Crippen molar-refractivity contribution in [1.82, 2.24) is 14.8 Å². The molecule has 1 spiro atoms. The number of hydrogen-bond acceptors (Lipinski definition) is 3. The summed E-state index contributed by atoms with van der Waals surface area (Å²) in [6, 6.07) is 15.0. The second-order valence-electron chi connectivity index (χ2n) is 8.74. The zero-order valence-electron chi connectivity index (χ0n) is 16.9. The summed E-state index contributed by atoms with van der Waals surface area (Å²) in [6.07, 6.45) is 8.51. The van der Waals surface area contributed by atoms with Crippen LogP contribution in [-0.2, 0) is 11.2 Å². The van der Waals surface area contributed by atoms with Gasteiger partial charge in [-0.15, -0.1) is 0 Å². The third kappa shape index (κ3) is 4.44. The van der Waals surface area contributed by atoms with E-state index in [1.54, 1.807) is 12.4 Å². The molecule has 2 saturated heterocycles. The third-order valence-corrected chi connectivity index (χ3v) is 6.64. The van der Waals surface area contributed by atoms with Crippen LogP contribution in [0.15, 0.2) is 54.9 Å². The van der Waals surface area contributed by atoms with Crippen molar-refractivity contribution in [2.75, 3.05) is 33.2 Å². The lowest BCUT2D eigenvalue weighted by atomic mass is 9.68. The molecule has 0 saturated carbocycles. The lowest BCUT2D eigenvalue weighted by molar-refractivity contribution is -0.134. The van der Waals surface area contributed by atoms with E-state index in [9.17, 15) is 4.79 Å². The molecule has 2 aliphatic rings. The molecule has 4 heteroatoms. The van der Waals surface area contributed by atoms with Gasteiger partial charge < -0.3 is 9.80 Å². The molecular formula is C24H31N3O. The van der Waals surface area contributed by atoms with E-state index in [4.69, 9.17) is 0 Å². The highest BCUT2D eigenvalue weighted by molar-refractivity contribution is 5.76. The number of aromatic nitrogens is 1. The number of hydrogen-bond donors (Lipinski definition) is 0. The van der Waals surface area contributed by atoms with E-state index in [1.807, 2.05) is 12.1 Å². The van der Waals surface area contributed by atoms with Crippen LogP contribution in [0.25, 0.3) is 0 Å². The summed E-state index contributed by atoms with van der Waals surface area (Å²) in [5.41, 5.74) is 3.01. The van der Waals surface area contributed by atoms with E-state index < -0.39 is 0 Å². The number of amides is 1. The Balaban J connectivity index is 1.34. The fourth-order valence-electron chi connectivity index (χ4n) is 5.17. The summed E-state index contributed by atoms with van der Waals surface area (Å²) >= 11 is 0. The van der Waals surface area contributed by atoms with Crippen molar-refractivity contribution >= 4 is 5.91 Å². The molecule has 148 valence electrons. The molecule has 4 nitrogen and oxygen atoms in total. The Labute approximate surface area is 168 Å². The fourth-order valence-corrected chi connectivity index (χ4v) is 5.17. The van der Waals surface area contributed by atoms with Crippen LogP contribution in [0.1, 0.15) is 42.7 Å². The first-order chi connectivity index (χ1) is 13.6. The maximum atomic E-state index is 12.7. The van der Waals surface area contributed by atoms with Crippen LogP contribution < -0.4 is 0 Å². The molecule has 3 heterocycles. The molecule has 1 unspecified atom stereocenters. The van der Waals surface area contributed by atoms with Crippen molar-refractivity contribution in [3.8, 4) is 0 Å². The molecule has 1 aromatic heterocycles. The monoisotopic (exact) mass is 377 g/mol. The highest BCUT2D eigenvalue weighted by Gasteiger charge is 2.41. The van der Waals surface area contributed by atoms with E-state index in [-0.39, 0.29) is 0 Å². The van der Waals surface area contributed by atoms with Crippen LogP contribution in [0.3, 0.4) is 0 Å². The minimum Gasteiger partial charge on any atom is -0.343 e. The second-order valence-corrected chi connectivity index (χ2v) is 8.74. The number of aryl methyl sites for hydroxylation is 1. The number of benzene rings is 1. The molecule has 1 aromatic carbocycles. The zero-order chi connectivity index (χ0) is 19.4. The van der Waals surface area contributed by atoms with Gasteiger partial charge in [0.15, 0.2) is 0 Å². The lowest BCUT2D eigenvalue weighted by Gasteiger charge is -2.49. The van der Waals surface area contributed by atoms with Gasteiger partial charge in [0.2, 0.25) is 5.91 Å². The average Bonchev–Trinajstić information content (AvgIpc) is 2.73. The van der Waals surface area contributed by atoms with E-state index in [2.05, 4.69) is 52.2 Å². The first-order valence-electron chi connectivity index (χ1n) is 10.5. The lowest BCUT2D eigenvalue weighted by Crippen LogP contribution is -2.51. The van der Waals surface area contributed by atoms with Crippen LogP contribution >= 0.6 is 0 Å². The minimum absolute atomic E-state index is 0.301. The van der Waals surface area contributed by atoms with E-state index in [1.165, 1.54) is 17.5 Å². The maximum Gasteiger partial charge on any atom is 0.222 e. The van der Waals surface area contributed by atoms with Crippen molar-refractivity contribution in [2.24, 2.45) is 5.41 Å². The van der Waals surface area contributed by atoms with E-state index in [0.717, 1.165) is 45.4 Å². The van der Waals surface area contributed by atoms with Crippen LogP contribution in [0.5, 0.6) is 0 Å². The number of nitrogens with zero attached hydrogens (tertiary/aromatic N) is 3. The summed E-state index contributed by atoms with van der Waals surface area (Å²) in [5.74, 6) is 0.907. The number of carbonyl (C=O) groups excluding carboxylic acids is 1. The Hall–Kier alpha value is -2.20. The number of carbonyl (C=O) groups is 1. The Kier molecular flexibility index (Phi) is 5.77. The number of piperidine rings is 2. The molecular weight excluding hydrogens is 346 g/mol. The van der Waals surface area contributed by atoms with Gasteiger partial charge in [-0.2, -0.15) is 0 Å². The molecule has 2 fully saturated rings. The third-order valence-electron chi connectivity index (χ3n) is 6.64. The fraction of sp³-hybridized carbons (Fsp3) is 0.500. The Bertz CT molecular complexity index is 769. The molecule has 0 N–H and O–H groups in total. The quantitative estimate of drug-likeness (QED) is 0.814. The van der Waals surface area contributed by atoms with E-state index in [0.29, 0.717) is 23.7 Å². The van der Waals surface area contributed by atoms with Gasteiger partial charge in [-0.05, 0) is 67.3 Å². The molecule has 28 heavy (non-hydrogen) atoms. The molecule has 1 amide bonds. The SMILES string of the molecule is CN1CC(c2ccccc2)CC2(CCN(C(=O)CCc3ccncc3)CC2)C1. The average molecular weight is 378 g/mol. The van der Waals surface area contributed by atoms with Crippen LogP contribution in [0, 0.1) is 5.41 Å². The minimum atomic E-state index is 0.301. The van der Waals surface area contributed by atoms with Crippen molar-refractivity contribution in [1.29, 1.82) is 0 Å². The topological polar surface area (TPSA) is 36.4 Å². The number of rotatable bonds is 4. The van der Waals surface area contributed by atoms with E-state index >= 15 is 0 Å². The van der Waals surface area contributed by atoms with Gasteiger partial charge in [-0.1, -0.05) is 30.3 Å². The van der Waals surface area contributed by atoms with Gasteiger partial charge >= 0.3 is 0 Å². The zero-order valence-corrected chi connectivity index (χ0v) is 16.9.